The van der Waals surface area contributed by atoms with Crippen LogP contribution in [0.3, 0.4) is 0 Å². The van der Waals surface area contributed by atoms with Gasteiger partial charge in [0.25, 0.3) is 0 Å². The lowest BCUT2D eigenvalue weighted by Crippen LogP contribution is -2.42. The van der Waals surface area contributed by atoms with Crippen LogP contribution < -0.4 is 0 Å². The number of carbonyl (C=O) groups is 1. The molecule has 2 fully saturated rings. The van der Waals surface area contributed by atoms with E-state index in [0.29, 0.717) is 25.6 Å². The number of hydrogen-bond acceptors (Lipinski definition) is 3. The van der Waals surface area contributed by atoms with Crippen LogP contribution in [0.4, 0.5) is 0 Å². The van der Waals surface area contributed by atoms with Crippen LogP contribution in [0.2, 0.25) is 0 Å². The SMILES string of the molecule is C#CCN(C(=O)CCOC1CCOCC1)C1CCCCC1. The second kappa shape index (κ2) is 9.07. The number of carbonyl (C=O) groups excluding carboxylic acids is 1. The van der Waals surface area contributed by atoms with Crippen LogP contribution >= 0.6 is 0 Å². The topological polar surface area (TPSA) is 38.8 Å². The van der Waals surface area contributed by atoms with Crippen LogP contribution in [0.5, 0.6) is 0 Å². The highest BCUT2D eigenvalue weighted by Crippen LogP contribution is 2.23. The molecule has 2 aliphatic rings. The maximum atomic E-state index is 12.4. The molecule has 118 valence electrons. The fourth-order valence-corrected chi connectivity index (χ4v) is 3.21. The molecule has 0 radical (unpaired) electrons. The van der Waals surface area contributed by atoms with Gasteiger partial charge in [-0.3, -0.25) is 4.79 Å². The summed E-state index contributed by atoms with van der Waals surface area (Å²) in [5.74, 6) is 2.78. The molecule has 1 amide bonds. The van der Waals surface area contributed by atoms with Gasteiger partial charge in [0, 0.05) is 19.3 Å². The molecule has 0 atom stereocenters. The molecule has 1 aliphatic heterocycles. The van der Waals surface area contributed by atoms with Gasteiger partial charge in [-0.05, 0) is 25.7 Å². The first kappa shape index (κ1) is 16.3. The number of rotatable bonds is 6. The quantitative estimate of drug-likeness (QED) is 0.706. The average Bonchev–Trinajstić information content (AvgIpc) is 2.54. The first-order valence-corrected chi connectivity index (χ1v) is 8.23. The van der Waals surface area contributed by atoms with Crippen molar-refractivity contribution in [1.29, 1.82) is 0 Å². The van der Waals surface area contributed by atoms with Crippen molar-refractivity contribution in [2.24, 2.45) is 0 Å². The molecule has 1 heterocycles. The first-order chi connectivity index (χ1) is 10.3. The molecule has 1 saturated heterocycles. The number of amides is 1. The van der Waals surface area contributed by atoms with Crippen LogP contribution in [0.25, 0.3) is 0 Å². The largest absolute Gasteiger partial charge is 0.381 e. The van der Waals surface area contributed by atoms with Crippen molar-refractivity contribution < 1.29 is 14.3 Å². The van der Waals surface area contributed by atoms with Crippen LogP contribution in [0.1, 0.15) is 51.4 Å². The molecule has 21 heavy (non-hydrogen) atoms. The van der Waals surface area contributed by atoms with Gasteiger partial charge in [0.05, 0.1) is 25.7 Å². The Morgan fingerprint density at radius 1 is 1.19 bits per heavy atom. The molecular weight excluding hydrogens is 266 g/mol. The van der Waals surface area contributed by atoms with Gasteiger partial charge in [0.2, 0.25) is 5.91 Å². The third-order valence-corrected chi connectivity index (χ3v) is 4.44. The predicted octanol–water partition coefficient (Wildman–Crippen LogP) is 2.37. The van der Waals surface area contributed by atoms with E-state index >= 15 is 0 Å². The fraction of sp³-hybridized carbons (Fsp3) is 0.824. The maximum absolute atomic E-state index is 12.4. The second-order valence-electron chi connectivity index (χ2n) is 5.95. The van der Waals surface area contributed by atoms with E-state index in [0.717, 1.165) is 38.9 Å². The van der Waals surface area contributed by atoms with Gasteiger partial charge < -0.3 is 14.4 Å². The Morgan fingerprint density at radius 3 is 2.57 bits per heavy atom. The summed E-state index contributed by atoms with van der Waals surface area (Å²) in [5.41, 5.74) is 0. The van der Waals surface area contributed by atoms with Crippen molar-refractivity contribution in [3.8, 4) is 12.3 Å². The lowest BCUT2D eigenvalue weighted by molar-refractivity contribution is -0.135. The van der Waals surface area contributed by atoms with Gasteiger partial charge in [-0.1, -0.05) is 25.2 Å². The van der Waals surface area contributed by atoms with Gasteiger partial charge in [0.1, 0.15) is 0 Å². The van der Waals surface area contributed by atoms with E-state index in [-0.39, 0.29) is 12.0 Å². The van der Waals surface area contributed by atoms with E-state index in [1.807, 2.05) is 4.90 Å². The Labute approximate surface area is 128 Å². The number of ether oxygens (including phenoxy) is 2. The highest BCUT2D eigenvalue weighted by molar-refractivity contribution is 5.77. The molecule has 1 saturated carbocycles. The average molecular weight is 293 g/mol. The van der Waals surface area contributed by atoms with E-state index < -0.39 is 0 Å². The van der Waals surface area contributed by atoms with E-state index in [2.05, 4.69) is 5.92 Å². The Hall–Kier alpha value is -1.05. The summed E-state index contributed by atoms with van der Waals surface area (Å²) in [7, 11) is 0. The summed E-state index contributed by atoms with van der Waals surface area (Å²) in [6.45, 7) is 2.46. The van der Waals surface area contributed by atoms with Gasteiger partial charge in [-0.2, -0.15) is 0 Å². The van der Waals surface area contributed by atoms with E-state index in [9.17, 15) is 4.79 Å². The molecule has 4 nitrogen and oxygen atoms in total. The Morgan fingerprint density at radius 2 is 1.90 bits per heavy atom. The van der Waals surface area contributed by atoms with Gasteiger partial charge in [-0.15, -0.1) is 6.42 Å². The zero-order valence-corrected chi connectivity index (χ0v) is 12.9. The lowest BCUT2D eigenvalue weighted by Gasteiger charge is -2.33. The van der Waals surface area contributed by atoms with Crippen molar-refractivity contribution >= 4 is 5.91 Å². The van der Waals surface area contributed by atoms with Gasteiger partial charge in [0.15, 0.2) is 0 Å². The van der Waals surface area contributed by atoms with E-state index in [1.165, 1.54) is 19.3 Å². The molecule has 0 aromatic heterocycles. The van der Waals surface area contributed by atoms with Crippen molar-refractivity contribution in [1.82, 2.24) is 4.90 Å². The Bertz CT molecular complexity index is 352. The monoisotopic (exact) mass is 293 g/mol. The summed E-state index contributed by atoms with van der Waals surface area (Å²) in [4.78, 5) is 14.3. The summed E-state index contributed by atoms with van der Waals surface area (Å²) in [6, 6.07) is 0.338. The van der Waals surface area contributed by atoms with Gasteiger partial charge in [-0.25, -0.2) is 0 Å². The molecule has 0 unspecified atom stereocenters. The van der Waals surface area contributed by atoms with Gasteiger partial charge >= 0.3 is 0 Å². The summed E-state index contributed by atoms with van der Waals surface area (Å²) >= 11 is 0. The molecule has 0 spiro atoms. The molecule has 0 aromatic rings. The van der Waals surface area contributed by atoms with E-state index in [1.54, 1.807) is 0 Å². The molecule has 4 heteroatoms. The number of terminal acetylenes is 1. The Balaban J connectivity index is 1.74. The van der Waals surface area contributed by atoms with Crippen LogP contribution in [0, 0.1) is 12.3 Å². The first-order valence-electron chi connectivity index (χ1n) is 8.23. The third-order valence-electron chi connectivity index (χ3n) is 4.44. The molecule has 0 bridgehead atoms. The van der Waals surface area contributed by atoms with E-state index in [4.69, 9.17) is 15.9 Å². The van der Waals surface area contributed by atoms with Crippen molar-refractivity contribution in [2.75, 3.05) is 26.4 Å². The third kappa shape index (κ3) is 5.33. The molecule has 0 aromatic carbocycles. The highest BCUT2D eigenvalue weighted by Gasteiger charge is 2.24. The minimum atomic E-state index is 0.145. The van der Waals surface area contributed by atoms with Crippen LogP contribution in [0.15, 0.2) is 0 Å². The number of hydrogen-bond donors (Lipinski definition) is 0. The minimum absolute atomic E-state index is 0.145. The van der Waals surface area contributed by atoms with Crippen molar-refractivity contribution in [3.05, 3.63) is 0 Å². The lowest BCUT2D eigenvalue weighted by atomic mass is 9.94. The predicted molar refractivity (Wildman–Crippen MR) is 81.8 cm³/mol. The molecule has 0 N–H and O–H groups in total. The maximum Gasteiger partial charge on any atom is 0.225 e. The number of nitrogens with zero attached hydrogens (tertiary/aromatic N) is 1. The summed E-state index contributed by atoms with van der Waals surface area (Å²) < 4.78 is 11.1. The summed E-state index contributed by atoms with van der Waals surface area (Å²) in [6.07, 6.45) is 13.9. The normalized spacial score (nSPS) is 20.9. The smallest absolute Gasteiger partial charge is 0.225 e. The zero-order chi connectivity index (χ0) is 14.9. The van der Waals surface area contributed by atoms with Crippen LogP contribution in [-0.4, -0.2) is 49.3 Å². The fourth-order valence-electron chi connectivity index (χ4n) is 3.21. The zero-order valence-electron chi connectivity index (χ0n) is 12.9. The molecular formula is C17H27NO3. The van der Waals surface area contributed by atoms with Crippen LogP contribution in [-0.2, 0) is 14.3 Å². The Kier molecular flexibility index (Phi) is 7.05. The van der Waals surface area contributed by atoms with Crippen molar-refractivity contribution in [2.45, 2.75) is 63.5 Å². The summed E-state index contributed by atoms with van der Waals surface area (Å²) in [5, 5.41) is 0. The molecule has 1 aliphatic carbocycles. The second-order valence-corrected chi connectivity index (χ2v) is 5.95. The minimum Gasteiger partial charge on any atom is -0.381 e. The standard InChI is InChI=1S/C17H27NO3/c1-2-11-18(15-6-4-3-5-7-15)17(19)10-14-21-16-8-12-20-13-9-16/h1,15-16H,3-14H2. The highest BCUT2D eigenvalue weighted by atomic mass is 16.5. The molecule has 2 rings (SSSR count). The van der Waals surface area contributed by atoms with Crippen molar-refractivity contribution in [3.63, 3.8) is 0 Å².